The number of benzene rings is 8. The SMILES string of the molecule is CC(C)(C)c1cccc(N2c3cc(C(C)(C)C)ccc3B3c4ccc(-c5ccccc5)cc4N(c4cccc(-c5ccccc5)c4)c4cc(N5c6ccc(C#N)cc6C6(C)CCCC56C)cc2c43)c1. The van der Waals surface area contributed by atoms with E-state index < -0.39 is 0 Å². The summed E-state index contributed by atoms with van der Waals surface area (Å²) in [5.74, 6) is 0. The van der Waals surface area contributed by atoms with Crippen molar-refractivity contribution in [3.63, 3.8) is 0 Å². The number of rotatable bonds is 5. The molecule has 69 heavy (non-hydrogen) atoms. The Balaban J connectivity index is 1.22. The van der Waals surface area contributed by atoms with Crippen LogP contribution in [0.2, 0.25) is 0 Å². The maximum absolute atomic E-state index is 10.3. The molecule has 8 aromatic carbocycles. The Labute approximate surface area is 409 Å². The summed E-state index contributed by atoms with van der Waals surface area (Å²) in [5, 5.41) is 10.3. The quantitative estimate of drug-likeness (QED) is 0.161. The van der Waals surface area contributed by atoms with E-state index in [4.69, 9.17) is 0 Å². The van der Waals surface area contributed by atoms with Crippen molar-refractivity contribution in [2.45, 2.75) is 96.4 Å². The van der Waals surface area contributed by atoms with Crippen molar-refractivity contribution in [3.8, 4) is 28.3 Å². The molecule has 0 spiro atoms. The van der Waals surface area contributed by atoms with Crippen LogP contribution in [0.1, 0.15) is 96.9 Å². The van der Waals surface area contributed by atoms with E-state index in [0.717, 1.165) is 36.2 Å². The van der Waals surface area contributed by atoms with E-state index in [2.05, 4.69) is 246 Å². The second-order valence-corrected chi connectivity index (χ2v) is 22.5. The Hall–Kier alpha value is -7.29. The summed E-state index contributed by atoms with van der Waals surface area (Å²) in [4.78, 5) is 7.87. The van der Waals surface area contributed by atoms with E-state index in [1.165, 1.54) is 89.5 Å². The number of fused-ring (bicyclic) bond motifs is 7. The van der Waals surface area contributed by atoms with Gasteiger partial charge in [0.2, 0.25) is 0 Å². The zero-order valence-electron chi connectivity index (χ0n) is 41.2. The number of hydrogen-bond donors (Lipinski definition) is 0. The van der Waals surface area contributed by atoms with Gasteiger partial charge in [0.1, 0.15) is 0 Å². The van der Waals surface area contributed by atoms with Crippen LogP contribution in [0, 0.1) is 11.3 Å². The zero-order valence-corrected chi connectivity index (χ0v) is 41.2. The van der Waals surface area contributed by atoms with Gasteiger partial charge in [-0.3, -0.25) is 0 Å². The predicted octanol–water partition coefficient (Wildman–Crippen LogP) is 14.9. The molecule has 1 saturated carbocycles. The van der Waals surface area contributed by atoms with E-state index >= 15 is 0 Å². The van der Waals surface area contributed by atoms with Gasteiger partial charge >= 0.3 is 0 Å². The van der Waals surface area contributed by atoms with E-state index in [0.29, 0.717) is 0 Å². The lowest BCUT2D eigenvalue weighted by Gasteiger charge is -2.47. The van der Waals surface area contributed by atoms with Gasteiger partial charge in [-0.2, -0.15) is 5.26 Å². The first-order valence-corrected chi connectivity index (χ1v) is 24.9. The fourth-order valence-corrected chi connectivity index (χ4v) is 12.6. The fraction of sp³-hybridized carbons (Fsp3) is 0.234. The van der Waals surface area contributed by atoms with E-state index in [1.54, 1.807) is 0 Å². The molecular formula is C64H59BN4. The van der Waals surface area contributed by atoms with Crippen molar-refractivity contribution in [1.82, 2.24) is 0 Å². The average molecular weight is 895 g/mol. The molecule has 4 nitrogen and oxygen atoms in total. The summed E-state index contributed by atoms with van der Waals surface area (Å²) in [7, 11) is 0. The molecule has 8 aromatic rings. The van der Waals surface area contributed by atoms with Crippen LogP contribution in [-0.4, -0.2) is 12.3 Å². The third-order valence-corrected chi connectivity index (χ3v) is 16.5. The summed E-state index contributed by atoms with van der Waals surface area (Å²) in [5.41, 5.74) is 22.2. The molecule has 1 fully saturated rings. The normalized spacial score (nSPS) is 18.8. The maximum atomic E-state index is 10.3. The van der Waals surface area contributed by atoms with Crippen LogP contribution in [0.5, 0.6) is 0 Å². The van der Waals surface area contributed by atoms with E-state index in [-0.39, 0.29) is 28.5 Å². The first kappa shape index (κ1) is 43.0. The van der Waals surface area contributed by atoms with Crippen LogP contribution >= 0.6 is 0 Å². The van der Waals surface area contributed by atoms with E-state index in [1.807, 2.05) is 6.07 Å². The largest absolute Gasteiger partial charge is 0.334 e. The van der Waals surface area contributed by atoms with Gasteiger partial charge in [-0.15, -0.1) is 0 Å². The molecular weight excluding hydrogens is 836 g/mol. The first-order chi connectivity index (χ1) is 33.2. The van der Waals surface area contributed by atoms with Gasteiger partial charge in [0.15, 0.2) is 0 Å². The van der Waals surface area contributed by atoms with E-state index in [9.17, 15) is 5.26 Å². The summed E-state index contributed by atoms with van der Waals surface area (Å²) >= 11 is 0. The first-order valence-electron chi connectivity index (χ1n) is 24.9. The summed E-state index contributed by atoms with van der Waals surface area (Å²) in [6.45, 7) is 18.8. The number of anilines is 8. The molecule has 12 rings (SSSR count). The Bertz CT molecular complexity index is 3410. The van der Waals surface area contributed by atoms with Crippen LogP contribution in [0.4, 0.5) is 45.5 Å². The third-order valence-electron chi connectivity index (χ3n) is 16.5. The highest BCUT2D eigenvalue weighted by Gasteiger charge is 2.60. The highest BCUT2D eigenvalue weighted by molar-refractivity contribution is 7.00. The minimum Gasteiger partial charge on any atom is -0.334 e. The third kappa shape index (κ3) is 6.55. The van der Waals surface area contributed by atoms with Crippen molar-refractivity contribution in [2.24, 2.45) is 0 Å². The van der Waals surface area contributed by atoms with Crippen molar-refractivity contribution < 1.29 is 0 Å². The van der Waals surface area contributed by atoms with Crippen LogP contribution in [0.25, 0.3) is 22.3 Å². The smallest absolute Gasteiger partial charge is 0.252 e. The second kappa shape index (κ2) is 15.4. The molecule has 0 N–H and O–H groups in total. The zero-order chi connectivity index (χ0) is 47.6. The Kier molecular flexibility index (Phi) is 9.58. The molecule has 5 heteroatoms. The van der Waals surface area contributed by atoms with Crippen LogP contribution in [-0.2, 0) is 16.2 Å². The van der Waals surface area contributed by atoms with Gasteiger partial charge in [-0.1, -0.05) is 164 Å². The minimum atomic E-state index is -0.224. The lowest BCUT2D eigenvalue weighted by atomic mass is 9.33. The molecule has 0 aromatic heterocycles. The van der Waals surface area contributed by atoms with Gasteiger partial charge in [0.25, 0.3) is 6.71 Å². The highest BCUT2D eigenvalue weighted by atomic mass is 15.3. The fourth-order valence-electron chi connectivity index (χ4n) is 12.6. The monoisotopic (exact) mass is 894 g/mol. The number of nitrogens with zero attached hydrogens (tertiary/aromatic N) is 4. The lowest BCUT2D eigenvalue weighted by Crippen LogP contribution is -2.61. The number of nitriles is 1. The van der Waals surface area contributed by atoms with Crippen molar-refractivity contribution in [1.29, 1.82) is 5.26 Å². The van der Waals surface area contributed by atoms with Crippen molar-refractivity contribution in [3.05, 3.63) is 198 Å². The molecule has 2 atom stereocenters. The molecule has 338 valence electrons. The minimum absolute atomic E-state index is 0.0418. The molecule has 3 aliphatic heterocycles. The topological polar surface area (TPSA) is 33.5 Å². The highest BCUT2D eigenvalue weighted by Crippen LogP contribution is 2.63. The molecule has 0 saturated heterocycles. The number of hydrogen-bond acceptors (Lipinski definition) is 4. The van der Waals surface area contributed by atoms with Gasteiger partial charge in [-0.05, 0) is 153 Å². The van der Waals surface area contributed by atoms with Gasteiger partial charge in [-0.25, -0.2) is 0 Å². The lowest BCUT2D eigenvalue weighted by molar-refractivity contribution is 0.330. The Morgan fingerprint density at radius 3 is 1.68 bits per heavy atom. The van der Waals surface area contributed by atoms with Gasteiger partial charge < -0.3 is 14.7 Å². The van der Waals surface area contributed by atoms with Crippen molar-refractivity contribution in [2.75, 3.05) is 14.7 Å². The van der Waals surface area contributed by atoms with Crippen molar-refractivity contribution >= 4 is 68.6 Å². The molecule has 2 unspecified atom stereocenters. The van der Waals surface area contributed by atoms with Crippen LogP contribution in [0.15, 0.2) is 176 Å². The van der Waals surface area contributed by atoms with Gasteiger partial charge in [0, 0.05) is 50.9 Å². The average Bonchev–Trinajstić information content (AvgIpc) is 3.76. The van der Waals surface area contributed by atoms with Gasteiger partial charge in [0.05, 0.1) is 17.2 Å². The molecule has 3 heterocycles. The molecule has 1 aliphatic carbocycles. The predicted molar refractivity (Wildman–Crippen MR) is 292 cm³/mol. The molecule has 0 bridgehead atoms. The summed E-state index contributed by atoms with van der Waals surface area (Å²) in [6, 6.07) is 68.6. The Morgan fingerprint density at radius 2 is 1.04 bits per heavy atom. The second-order valence-electron chi connectivity index (χ2n) is 22.5. The van der Waals surface area contributed by atoms with Crippen LogP contribution in [0.3, 0.4) is 0 Å². The molecule has 0 amide bonds. The molecule has 0 radical (unpaired) electrons. The molecule has 4 aliphatic rings. The maximum Gasteiger partial charge on any atom is 0.252 e. The van der Waals surface area contributed by atoms with Crippen LogP contribution < -0.4 is 31.1 Å². The summed E-state index contributed by atoms with van der Waals surface area (Å²) < 4.78 is 0. The Morgan fingerprint density at radius 1 is 0.478 bits per heavy atom. The summed E-state index contributed by atoms with van der Waals surface area (Å²) in [6.07, 6.45) is 3.25. The standard InChI is InChI=1S/C64H59BN4/c1-61(2,3)47-23-16-25-50(37-47)68-57-38-48(62(4,5)6)28-30-54(57)65-53-29-27-46(44-20-13-10-14-21-44)36-56(53)67(49-24-15-22-45(35-49)43-18-11-9-12-19-43)58-39-51(40-59(68)60(58)65)69-55-31-26-42(41-66)34-52(55)63(7)32-17-33-64(63,69)8/h9-16,18-31,34-40H,17,32-33H2,1-8H3.